The van der Waals surface area contributed by atoms with Crippen molar-refractivity contribution in [3.05, 3.63) is 21.2 Å². The number of anilines is 1. The smallest absolute Gasteiger partial charge is 0.387 e. The molecule has 1 fully saturated rings. The summed E-state index contributed by atoms with van der Waals surface area (Å²) in [7, 11) is -16.8. The Balaban J connectivity index is 2.09. The minimum atomic E-state index is -5.73. The number of nitrogens with two attached hydrogens (primary N) is 1. The fourth-order valence-electron chi connectivity index (χ4n) is 2.21. The second-order valence-electron chi connectivity index (χ2n) is 5.60. The second kappa shape index (κ2) is 9.13. The van der Waals surface area contributed by atoms with Gasteiger partial charge >= 0.3 is 29.2 Å². The van der Waals surface area contributed by atoms with Crippen LogP contribution in [0, 0.1) is 0 Å². The van der Waals surface area contributed by atoms with Crippen LogP contribution in [0.15, 0.2) is 15.5 Å². The largest absolute Gasteiger partial charge is 0.490 e. The molecule has 1 aromatic rings. The summed E-state index contributed by atoms with van der Waals surface area (Å²) < 4.78 is 51.1. The zero-order chi connectivity index (χ0) is 23.1. The van der Waals surface area contributed by atoms with Crippen molar-refractivity contribution in [2.75, 3.05) is 12.3 Å². The molecule has 0 spiro atoms. The van der Waals surface area contributed by atoms with Gasteiger partial charge in [-0.15, -0.1) is 0 Å². The lowest BCUT2D eigenvalue weighted by Crippen LogP contribution is -2.36. The summed E-state index contributed by atoms with van der Waals surface area (Å²) in [4.78, 5) is 50.8. The van der Waals surface area contributed by atoms with Gasteiger partial charge in [0.25, 0.3) is 0 Å². The van der Waals surface area contributed by atoms with Crippen LogP contribution in [0.2, 0.25) is 0 Å². The van der Waals surface area contributed by atoms with Crippen LogP contribution in [-0.4, -0.2) is 64.3 Å². The molecular weight excluding hydrogens is 547 g/mol. The third-order valence-corrected chi connectivity index (χ3v) is 7.78. The van der Waals surface area contributed by atoms with Crippen LogP contribution < -0.4 is 11.4 Å². The van der Waals surface area contributed by atoms with Crippen LogP contribution in [0.1, 0.15) is 6.23 Å². The number of nitrogens with zero attached hydrogens (tertiary/aromatic N) is 2. The zero-order valence-electron chi connectivity index (χ0n) is 14.2. The van der Waals surface area contributed by atoms with Crippen molar-refractivity contribution < 1.29 is 61.4 Å². The predicted molar refractivity (Wildman–Crippen MR) is 96.3 cm³/mol. The third kappa shape index (κ3) is 6.72. The van der Waals surface area contributed by atoms with Crippen LogP contribution in [0.25, 0.3) is 0 Å². The van der Waals surface area contributed by atoms with Crippen molar-refractivity contribution in [1.29, 1.82) is 0 Å². The van der Waals surface area contributed by atoms with Gasteiger partial charge in [0.15, 0.2) is 6.23 Å². The van der Waals surface area contributed by atoms with Gasteiger partial charge < -0.3 is 40.3 Å². The first-order valence-corrected chi connectivity index (χ1v) is 12.7. The molecule has 1 aromatic heterocycles. The summed E-state index contributed by atoms with van der Waals surface area (Å²) in [5, 5.41) is 20.1. The van der Waals surface area contributed by atoms with E-state index in [1.165, 1.54) is 0 Å². The highest BCUT2D eigenvalue weighted by atomic mass is 79.9. The molecule has 0 radical (unpaired) electrons. The summed E-state index contributed by atoms with van der Waals surface area (Å²) in [6, 6.07) is 0. The van der Waals surface area contributed by atoms with E-state index in [4.69, 9.17) is 25.2 Å². The van der Waals surface area contributed by atoms with E-state index < -0.39 is 60.3 Å². The molecule has 1 aliphatic rings. The number of nitrogen functional groups attached to an aromatic ring is 1. The number of ether oxygens (including phenoxy) is 1. The Bertz CT molecular complexity index is 997. The number of phosphoric acid groups is 3. The Kier molecular flexibility index (Phi) is 7.83. The standard InChI is InChI=1S/C9H15BrN3O14P3/c10-3-1-13(9(16)12-7(3)11)8-6(15)5(14)4(25-8)2-24-29(20,21)27-30(22,23)26-28(17,18)19/h1,4-6,8,14-15H,2H2,(H,20,21)(H,22,23)(H2,11,12,16)(H2,17,18,19)/t4-,5?,6?,8-/m1/s1. The lowest BCUT2D eigenvalue weighted by atomic mass is 10.1. The van der Waals surface area contributed by atoms with E-state index in [2.05, 4.69) is 34.1 Å². The molecule has 21 heteroatoms. The fraction of sp³-hybridized carbons (Fsp3) is 0.556. The van der Waals surface area contributed by atoms with Gasteiger partial charge in [0.05, 0.1) is 11.1 Å². The first-order valence-electron chi connectivity index (χ1n) is 7.35. The van der Waals surface area contributed by atoms with Crippen molar-refractivity contribution in [3.63, 3.8) is 0 Å². The number of rotatable bonds is 8. The van der Waals surface area contributed by atoms with Crippen LogP contribution in [0.3, 0.4) is 0 Å². The number of halogens is 1. The number of hydrogen-bond donors (Lipinski definition) is 7. The Hall–Kier alpha value is -0.550. The van der Waals surface area contributed by atoms with Crippen LogP contribution >= 0.6 is 39.4 Å². The molecule has 2 heterocycles. The second-order valence-corrected chi connectivity index (χ2v) is 10.9. The van der Waals surface area contributed by atoms with E-state index in [0.29, 0.717) is 0 Å². The van der Waals surface area contributed by atoms with Crippen LogP contribution in [0.5, 0.6) is 0 Å². The van der Waals surface area contributed by atoms with Crippen LogP contribution in [-0.2, 0) is 31.6 Å². The Morgan fingerprint density at radius 1 is 1.13 bits per heavy atom. The molecule has 1 aliphatic heterocycles. The van der Waals surface area contributed by atoms with Gasteiger partial charge in [-0.05, 0) is 15.9 Å². The van der Waals surface area contributed by atoms with Crippen LogP contribution in [0.4, 0.5) is 5.82 Å². The zero-order valence-corrected chi connectivity index (χ0v) is 18.5. The molecule has 30 heavy (non-hydrogen) atoms. The SMILES string of the molecule is Nc1nc(=O)n([C@@H]2O[C@H](COP(=O)(O)OP(=O)(O)OP(=O)(O)O)C(O)C2O)cc1Br. The maximum Gasteiger partial charge on any atom is 0.490 e. The number of phosphoric ester groups is 1. The monoisotopic (exact) mass is 561 g/mol. The molecule has 1 saturated heterocycles. The highest BCUT2D eigenvalue weighted by Gasteiger charge is 2.46. The minimum Gasteiger partial charge on any atom is -0.387 e. The summed E-state index contributed by atoms with van der Waals surface area (Å²) in [5.74, 6) is -0.159. The highest BCUT2D eigenvalue weighted by molar-refractivity contribution is 9.10. The van der Waals surface area contributed by atoms with Gasteiger partial charge in [-0.1, -0.05) is 0 Å². The molecular formula is C9H15BrN3O14P3. The lowest BCUT2D eigenvalue weighted by Gasteiger charge is -2.19. The van der Waals surface area contributed by atoms with E-state index in [1.54, 1.807) is 0 Å². The average Bonchev–Trinajstić information content (AvgIpc) is 2.81. The quantitative estimate of drug-likeness (QED) is 0.179. The molecule has 2 rings (SSSR count). The van der Waals surface area contributed by atoms with Crippen molar-refractivity contribution in [2.45, 2.75) is 24.5 Å². The predicted octanol–water partition coefficient (Wildman–Crippen LogP) is -1.45. The number of aliphatic hydroxyl groups is 2. The van der Waals surface area contributed by atoms with E-state index in [9.17, 15) is 33.6 Å². The van der Waals surface area contributed by atoms with Crippen molar-refractivity contribution in [3.8, 4) is 0 Å². The number of aromatic nitrogens is 2. The van der Waals surface area contributed by atoms with Crippen molar-refractivity contribution in [1.82, 2.24) is 9.55 Å². The molecule has 172 valence electrons. The molecule has 4 unspecified atom stereocenters. The van der Waals surface area contributed by atoms with Crippen molar-refractivity contribution in [2.24, 2.45) is 0 Å². The van der Waals surface area contributed by atoms with Gasteiger partial charge in [-0.3, -0.25) is 9.09 Å². The third-order valence-electron chi connectivity index (χ3n) is 3.36. The maximum absolute atomic E-state index is 11.9. The van der Waals surface area contributed by atoms with E-state index in [-0.39, 0.29) is 10.3 Å². The Morgan fingerprint density at radius 3 is 2.30 bits per heavy atom. The van der Waals surface area contributed by atoms with Crippen molar-refractivity contribution >= 4 is 45.2 Å². The summed E-state index contributed by atoms with van der Waals surface area (Å²) in [5.41, 5.74) is 4.48. The number of aliphatic hydroxyl groups excluding tert-OH is 2. The molecule has 17 nitrogen and oxygen atoms in total. The molecule has 0 saturated carbocycles. The molecule has 0 bridgehead atoms. The minimum absolute atomic E-state index is 0.157. The van der Waals surface area contributed by atoms with E-state index in [0.717, 1.165) is 10.8 Å². The molecule has 8 N–H and O–H groups in total. The molecule has 0 amide bonds. The first-order chi connectivity index (χ1) is 13.5. The Labute approximate surface area is 174 Å². The van der Waals surface area contributed by atoms with Gasteiger partial charge in [0, 0.05) is 6.20 Å². The Morgan fingerprint density at radius 2 is 1.73 bits per heavy atom. The summed E-state index contributed by atoms with van der Waals surface area (Å²) >= 11 is 3.01. The topological polar surface area (TPSA) is 270 Å². The maximum atomic E-state index is 11.9. The first kappa shape index (κ1) is 25.7. The molecule has 0 aliphatic carbocycles. The highest BCUT2D eigenvalue weighted by Crippen LogP contribution is 2.66. The molecule has 0 aromatic carbocycles. The van der Waals surface area contributed by atoms with E-state index in [1.807, 2.05) is 0 Å². The van der Waals surface area contributed by atoms with Gasteiger partial charge in [-0.2, -0.15) is 13.6 Å². The van der Waals surface area contributed by atoms with E-state index >= 15 is 0 Å². The summed E-state index contributed by atoms with van der Waals surface area (Å²) in [6.45, 7) is -1.03. The molecule has 6 atom stereocenters. The average molecular weight is 562 g/mol. The van der Waals surface area contributed by atoms with Gasteiger partial charge in [-0.25, -0.2) is 18.5 Å². The number of hydrogen-bond acceptors (Lipinski definition) is 12. The summed E-state index contributed by atoms with van der Waals surface area (Å²) in [6.07, 6.45) is -5.49. The normalized spacial score (nSPS) is 28.8. The van der Waals surface area contributed by atoms with Gasteiger partial charge in [0.1, 0.15) is 24.1 Å². The lowest BCUT2D eigenvalue weighted by molar-refractivity contribution is -0.0542. The van der Waals surface area contributed by atoms with Gasteiger partial charge in [0.2, 0.25) is 0 Å². The fourth-order valence-corrected chi connectivity index (χ4v) is 5.55.